The summed E-state index contributed by atoms with van der Waals surface area (Å²) in [6.45, 7) is 22.7. The summed E-state index contributed by atoms with van der Waals surface area (Å²) >= 11 is 3.58. The summed E-state index contributed by atoms with van der Waals surface area (Å²) < 4.78 is 13.0. The van der Waals surface area contributed by atoms with Crippen molar-refractivity contribution in [2.45, 2.75) is 83.1 Å². The number of hydrogen-bond acceptors (Lipinski definition) is 2. The second kappa shape index (κ2) is 7.16. The molecule has 0 saturated heterocycles. The monoisotopic (exact) mass is 430 g/mol. The zero-order valence-corrected chi connectivity index (χ0v) is 20.7. The van der Waals surface area contributed by atoms with E-state index in [0.29, 0.717) is 0 Å². The van der Waals surface area contributed by atoms with Gasteiger partial charge in [0.2, 0.25) is 16.6 Å². The van der Waals surface area contributed by atoms with Gasteiger partial charge in [-0.1, -0.05) is 57.5 Å². The lowest BCUT2D eigenvalue weighted by atomic mass is 10.2. The maximum atomic E-state index is 6.50. The van der Waals surface area contributed by atoms with E-state index < -0.39 is 16.6 Å². The molecule has 138 valence electrons. The maximum absolute atomic E-state index is 6.50. The summed E-state index contributed by atoms with van der Waals surface area (Å²) in [5.74, 6) is 1.87. The van der Waals surface area contributed by atoms with E-state index in [1.54, 1.807) is 0 Å². The fourth-order valence-electron chi connectivity index (χ4n) is 1.72. The molecule has 0 spiro atoms. The second-order valence-corrected chi connectivity index (χ2v) is 19.7. The van der Waals surface area contributed by atoms with Crippen LogP contribution >= 0.6 is 15.9 Å². The molecule has 0 aliphatic rings. The predicted molar refractivity (Wildman–Crippen MR) is 115 cm³/mol. The Labute approximate surface area is 159 Å². The summed E-state index contributed by atoms with van der Waals surface area (Å²) in [7, 11) is -3.72. The summed E-state index contributed by atoms with van der Waals surface area (Å²) in [4.78, 5) is 0. The molecule has 1 rings (SSSR count). The van der Waals surface area contributed by atoms with Crippen LogP contribution in [0.25, 0.3) is 0 Å². The number of halogens is 1. The average molecular weight is 432 g/mol. The Kier molecular flexibility index (Phi) is 6.49. The van der Waals surface area contributed by atoms with Crippen molar-refractivity contribution in [3.63, 3.8) is 0 Å². The highest BCUT2D eigenvalue weighted by Gasteiger charge is 2.40. The third kappa shape index (κ3) is 5.36. The molecule has 0 fully saturated rings. The van der Waals surface area contributed by atoms with Crippen molar-refractivity contribution in [3.05, 3.63) is 23.8 Å². The van der Waals surface area contributed by atoms with E-state index in [2.05, 4.69) is 102 Å². The molecule has 24 heavy (non-hydrogen) atoms. The molecule has 0 heterocycles. The molecule has 1 aromatic carbocycles. The lowest BCUT2D eigenvalue weighted by molar-refractivity contribution is 0.474. The van der Waals surface area contributed by atoms with Gasteiger partial charge in [-0.2, -0.15) is 0 Å². The van der Waals surface area contributed by atoms with Gasteiger partial charge < -0.3 is 8.85 Å². The van der Waals surface area contributed by atoms with Crippen molar-refractivity contribution in [1.82, 2.24) is 0 Å². The molecule has 0 bridgehead atoms. The van der Waals surface area contributed by atoms with Gasteiger partial charge in [0.15, 0.2) is 0 Å². The topological polar surface area (TPSA) is 18.5 Å². The molecule has 5 heteroatoms. The highest BCUT2D eigenvalue weighted by atomic mass is 79.9. The number of benzene rings is 1. The summed E-state index contributed by atoms with van der Waals surface area (Å²) in [5, 5.41) is 1.16. The highest BCUT2D eigenvalue weighted by Crippen LogP contribution is 2.41. The van der Waals surface area contributed by atoms with Crippen LogP contribution in [0.5, 0.6) is 11.5 Å². The Bertz CT molecular complexity index is 523. The summed E-state index contributed by atoms with van der Waals surface area (Å²) in [5.41, 5.74) is 1.19. The highest BCUT2D eigenvalue weighted by molar-refractivity contribution is 9.08. The van der Waals surface area contributed by atoms with Crippen LogP contribution in [0.4, 0.5) is 0 Å². The Balaban J connectivity index is 3.18. The second-order valence-electron chi connectivity index (χ2n) is 9.67. The molecular weight excluding hydrogens is 396 g/mol. The fourth-order valence-corrected chi connectivity index (χ4v) is 4.07. The molecule has 0 saturated carbocycles. The van der Waals surface area contributed by atoms with Crippen molar-refractivity contribution in [2.24, 2.45) is 0 Å². The van der Waals surface area contributed by atoms with E-state index >= 15 is 0 Å². The third-order valence-electron chi connectivity index (χ3n) is 5.45. The van der Waals surface area contributed by atoms with Gasteiger partial charge in [-0.15, -0.1) is 0 Å². The van der Waals surface area contributed by atoms with E-state index in [4.69, 9.17) is 8.85 Å². The van der Waals surface area contributed by atoms with Crippen LogP contribution in [0, 0.1) is 0 Å². The largest absolute Gasteiger partial charge is 0.543 e. The molecule has 2 nitrogen and oxygen atoms in total. The van der Waals surface area contributed by atoms with Crippen LogP contribution < -0.4 is 8.85 Å². The lowest BCUT2D eigenvalue weighted by Gasteiger charge is -2.38. The van der Waals surface area contributed by atoms with Gasteiger partial charge in [0.05, 0.1) is 0 Å². The number of rotatable bonds is 5. The zero-order valence-electron chi connectivity index (χ0n) is 17.1. The van der Waals surface area contributed by atoms with Crippen LogP contribution in [0.15, 0.2) is 18.2 Å². The van der Waals surface area contributed by atoms with Gasteiger partial charge >= 0.3 is 0 Å². The van der Waals surface area contributed by atoms with Crippen LogP contribution in [-0.2, 0) is 5.33 Å². The first kappa shape index (κ1) is 21.8. The van der Waals surface area contributed by atoms with E-state index in [0.717, 1.165) is 16.8 Å². The number of hydrogen-bond donors (Lipinski definition) is 0. The molecular formula is C19H35BrO2Si2. The van der Waals surface area contributed by atoms with Crippen molar-refractivity contribution >= 4 is 32.6 Å². The Morgan fingerprint density at radius 1 is 0.750 bits per heavy atom. The third-order valence-corrected chi connectivity index (χ3v) is 14.8. The Morgan fingerprint density at radius 2 is 1.08 bits per heavy atom. The van der Waals surface area contributed by atoms with Gasteiger partial charge in [-0.05, 0) is 54.0 Å². The smallest absolute Gasteiger partial charge is 0.250 e. The van der Waals surface area contributed by atoms with Gasteiger partial charge in [0.1, 0.15) is 11.5 Å². The predicted octanol–water partition coefficient (Wildman–Crippen LogP) is 7.35. The molecule has 0 unspecified atom stereocenters. The van der Waals surface area contributed by atoms with Crippen molar-refractivity contribution in [2.75, 3.05) is 0 Å². The molecule has 0 aromatic heterocycles. The maximum Gasteiger partial charge on any atom is 0.250 e. The summed E-state index contributed by atoms with van der Waals surface area (Å²) in [6.07, 6.45) is 0. The normalized spacial score (nSPS) is 13.8. The van der Waals surface area contributed by atoms with E-state index in [9.17, 15) is 0 Å². The molecule has 0 aliphatic carbocycles. The first-order chi connectivity index (χ1) is 10.6. The quantitative estimate of drug-likeness (QED) is 0.358. The fraction of sp³-hybridized carbons (Fsp3) is 0.684. The van der Waals surface area contributed by atoms with Gasteiger partial charge in [-0.3, -0.25) is 0 Å². The molecule has 0 atom stereocenters. The standard InChI is InChI=1S/C19H35BrO2Si2/c1-18(2,3)23(7,8)21-16-11-15(14-20)12-17(13-16)22-24(9,10)19(4,5)6/h11-13H,14H2,1-10H3. The summed E-state index contributed by atoms with van der Waals surface area (Å²) in [6, 6.07) is 6.34. The van der Waals surface area contributed by atoms with E-state index in [1.807, 2.05) is 0 Å². The molecule has 0 radical (unpaired) electrons. The first-order valence-corrected chi connectivity index (χ1v) is 15.6. The van der Waals surface area contributed by atoms with Gasteiger partial charge in [-0.25, -0.2) is 0 Å². The average Bonchev–Trinajstić information content (AvgIpc) is 2.34. The Morgan fingerprint density at radius 3 is 1.33 bits per heavy atom. The van der Waals surface area contributed by atoms with Crippen molar-refractivity contribution in [1.29, 1.82) is 0 Å². The number of alkyl halides is 1. The van der Waals surface area contributed by atoms with Gasteiger partial charge in [0, 0.05) is 11.4 Å². The van der Waals surface area contributed by atoms with E-state index in [-0.39, 0.29) is 10.1 Å². The van der Waals surface area contributed by atoms with E-state index in [1.165, 1.54) is 5.56 Å². The molecule has 0 N–H and O–H groups in total. The van der Waals surface area contributed by atoms with Crippen LogP contribution in [0.2, 0.25) is 36.3 Å². The van der Waals surface area contributed by atoms with Crippen molar-refractivity contribution in [3.8, 4) is 11.5 Å². The SMILES string of the molecule is CC(C)(C)[Si](C)(C)Oc1cc(CBr)cc(O[Si](C)(C)C(C)(C)C)c1. The van der Waals surface area contributed by atoms with Gasteiger partial charge in [0.25, 0.3) is 0 Å². The van der Waals surface area contributed by atoms with Crippen molar-refractivity contribution < 1.29 is 8.85 Å². The minimum absolute atomic E-state index is 0.178. The molecule has 0 amide bonds. The first-order valence-electron chi connectivity index (χ1n) is 8.67. The lowest BCUT2D eigenvalue weighted by Crippen LogP contribution is -2.44. The Hall–Kier alpha value is -0.266. The molecule has 0 aliphatic heterocycles. The zero-order chi connectivity index (χ0) is 19.0. The molecule has 1 aromatic rings. The minimum Gasteiger partial charge on any atom is -0.543 e. The van der Waals surface area contributed by atoms with Crippen LogP contribution in [0.3, 0.4) is 0 Å². The minimum atomic E-state index is -1.86. The van der Waals surface area contributed by atoms with Crippen LogP contribution in [-0.4, -0.2) is 16.6 Å². The van der Waals surface area contributed by atoms with Crippen LogP contribution in [0.1, 0.15) is 47.1 Å².